The lowest BCUT2D eigenvalue weighted by Crippen LogP contribution is -2.50. The van der Waals surface area contributed by atoms with Gasteiger partial charge in [-0.3, -0.25) is 4.79 Å². The zero-order chi connectivity index (χ0) is 23.6. The minimum atomic E-state index is -3.74. The summed E-state index contributed by atoms with van der Waals surface area (Å²) in [6.45, 7) is 7.80. The average Bonchev–Trinajstić information content (AvgIpc) is 3.28. The summed E-state index contributed by atoms with van der Waals surface area (Å²) in [6, 6.07) is 13.3. The summed E-state index contributed by atoms with van der Waals surface area (Å²) in [5.74, 6) is -0.0694. The fraction of sp³-hybridized carbons (Fsp3) is 0.500. The number of hydrogen-bond donors (Lipinski definition) is 0. The van der Waals surface area contributed by atoms with E-state index in [9.17, 15) is 13.2 Å². The summed E-state index contributed by atoms with van der Waals surface area (Å²) in [5, 5.41) is 0. The molecule has 0 aromatic heterocycles. The quantitative estimate of drug-likeness (QED) is 0.641. The van der Waals surface area contributed by atoms with E-state index in [4.69, 9.17) is 4.74 Å². The van der Waals surface area contributed by atoms with E-state index in [1.165, 1.54) is 4.31 Å². The van der Waals surface area contributed by atoms with Gasteiger partial charge in [0.1, 0.15) is 6.04 Å². The van der Waals surface area contributed by atoms with Crippen molar-refractivity contribution in [3.63, 3.8) is 0 Å². The van der Waals surface area contributed by atoms with Gasteiger partial charge < -0.3 is 9.64 Å². The summed E-state index contributed by atoms with van der Waals surface area (Å²) in [5.41, 5.74) is 3.66. The molecule has 0 N–H and O–H groups in total. The largest absolute Gasteiger partial charge is 0.373 e. The molecule has 2 aliphatic rings. The van der Waals surface area contributed by atoms with Gasteiger partial charge in [0.15, 0.2) is 0 Å². The van der Waals surface area contributed by atoms with E-state index in [2.05, 4.69) is 0 Å². The molecule has 0 bridgehead atoms. The molecule has 1 amide bonds. The average molecular weight is 471 g/mol. The van der Waals surface area contributed by atoms with Crippen LogP contribution in [0.15, 0.2) is 47.4 Å². The molecule has 0 radical (unpaired) electrons. The van der Waals surface area contributed by atoms with Gasteiger partial charge in [-0.2, -0.15) is 4.31 Å². The second-order valence-electron chi connectivity index (χ2n) is 9.32. The molecule has 0 saturated carbocycles. The molecule has 0 aliphatic carbocycles. The lowest BCUT2D eigenvalue weighted by atomic mass is 10.1. The number of sulfonamides is 1. The van der Waals surface area contributed by atoms with Gasteiger partial charge in [0.2, 0.25) is 15.9 Å². The molecule has 2 aromatic carbocycles. The van der Waals surface area contributed by atoms with Crippen molar-refractivity contribution in [2.24, 2.45) is 0 Å². The Morgan fingerprint density at radius 3 is 2.24 bits per heavy atom. The zero-order valence-corrected chi connectivity index (χ0v) is 20.6. The van der Waals surface area contributed by atoms with E-state index in [0.29, 0.717) is 44.0 Å². The van der Waals surface area contributed by atoms with Crippen LogP contribution in [0.4, 0.5) is 0 Å². The van der Waals surface area contributed by atoms with Gasteiger partial charge in [0, 0.05) is 19.6 Å². The molecule has 1 atom stereocenters. The number of likely N-dealkylation sites (tertiary alicyclic amines) is 1. The number of ether oxygens (including phenoxy) is 1. The highest BCUT2D eigenvalue weighted by atomic mass is 32.2. The third-order valence-corrected chi connectivity index (χ3v) is 8.96. The fourth-order valence-corrected chi connectivity index (χ4v) is 7.27. The van der Waals surface area contributed by atoms with Crippen LogP contribution in [0.3, 0.4) is 0 Å². The summed E-state index contributed by atoms with van der Waals surface area (Å²) >= 11 is 0. The first-order chi connectivity index (χ1) is 15.8. The topological polar surface area (TPSA) is 66.9 Å². The molecule has 2 saturated heterocycles. The van der Waals surface area contributed by atoms with Crippen LogP contribution in [0.5, 0.6) is 0 Å². The fourth-order valence-electron chi connectivity index (χ4n) is 5.21. The van der Waals surface area contributed by atoms with Gasteiger partial charge in [-0.05, 0) is 63.1 Å². The molecule has 2 aromatic rings. The Morgan fingerprint density at radius 1 is 0.970 bits per heavy atom. The number of nitrogens with zero attached hydrogens (tertiary/aromatic N) is 2. The second-order valence-corrected chi connectivity index (χ2v) is 11.2. The van der Waals surface area contributed by atoms with Crippen molar-refractivity contribution in [2.45, 2.75) is 70.1 Å². The van der Waals surface area contributed by atoms with Crippen molar-refractivity contribution < 1.29 is 17.9 Å². The van der Waals surface area contributed by atoms with E-state index in [1.54, 1.807) is 0 Å². The van der Waals surface area contributed by atoms with Crippen molar-refractivity contribution in [1.82, 2.24) is 9.21 Å². The second kappa shape index (κ2) is 9.95. The molecule has 2 aliphatic heterocycles. The Hall–Kier alpha value is -2.22. The van der Waals surface area contributed by atoms with E-state index in [0.717, 1.165) is 35.1 Å². The van der Waals surface area contributed by atoms with Crippen LogP contribution in [0.1, 0.15) is 47.9 Å². The number of carbonyl (C=O) groups excluding carboxylic acids is 1. The number of carbonyl (C=O) groups is 1. The maximum atomic E-state index is 13.6. The van der Waals surface area contributed by atoms with E-state index in [-0.39, 0.29) is 12.0 Å². The van der Waals surface area contributed by atoms with Gasteiger partial charge in [-0.15, -0.1) is 0 Å². The van der Waals surface area contributed by atoms with Gasteiger partial charge in [0.05, 0.1) is 17.6 Å². The lowest BCUT2D eigenvalue weighted by molar-refractivity contribution is -0.137. The number of amides is 1. The predicted octanol–water partition coefficient (Wildman–Crippen LogP) is 3.97. The van der Waals surface area contributed by atoms with Crippen LogP contribution in [0.2, 0.25) is 0 Å². The van der Waals surface area contributed by atoms with Crippen LogP contribution in [0, 0.1) is 20.8 Å². The minimum Gasteiger partial charge on any atom is -0.373 e. The third-order valence-electron chi connectivity index (χ3n) is 6.74. The van der Waals surface area contributed by atoms with Crippen LogP contribution < -0.4 is 0 Å². The molecular formula is C26H34N2O4S. The molecule has 4 rings (SSSR count). The molecule has 2 heterocycles. The van der Waals surface area contributed by atoms with Gasteiger partial charge in [0.25, 0.3) is 0 Å². The Bertz CT molecular complexity index is 1070. The maximum Gasteiger partial charge on any atom is 0.244 e. The third kappa shape index (κ3) is 5.15. The van der Waals surface area contributed by atoms with E-state index >= 15 is 0 Å². The van der Waals surface area contributed by atoms with Gasteiger partial charge in [-0.1, -0.05) is 48.0 Å². The summed E-state index contributed by atoms with van der Waals surface area (Å²) in [7, 11) is -3.74. The molecule has 0 spiro atoms. The smallest absolute Gasteiger partial charge is 0.244 e. The van der Waals surface area contributed by atoms with E-state index in [1.807, 2.05) is 68.1 Å². The summed E-state index contributed by atoms with van der Waals surface area (Å²) in [6.07, 6.45) is 2.95. The monoisotopic (exact) mass is 470 g/mol. The molecule has 2 fully saturated rings. The Balaban J connectivity index is 1.40. The number of piperidine rings is 1. The van der Waals surface area contributed by atoms with Gasteiger partial charge in [-0.25, -0.2) is 8.42 Å². The first-order valence-electron chi connectivity index (χ1n) is 11.8. The highest BCUT2D eigenvalue weighted by Crippen LogP contribution is 2.32. The maximum absolute atomic E-state index is 13.6. The SMILES string of the molecule is Cc1cc(C)c(S(=O)(=O)N2CCCC2C(=O)N2CCC(OCc3ccccc3)CC2)c(C)c1. The standard InChI is InChI=1S/C26H34N2O4S/c1-19-16-20(2)25(21(3)17-19)33(30,31)28-13-7-10-24(28)26(29)27-14-11-23(12-15-27)32-18-22-8-5-4-6-9-22/h4-6,8-9,16-17,23-24H,7,10-15,18H2,1-3H3. The lowest BCUT2D eigenvalue weighted by Gasteiger charge is -2.35. The van der Waals surface area contributed by atoms with Crippen LogP contribution in [-0.2, 0) is 26.2 Å². The summed E-state index contributed by atoms with van der Waals surface area (Å²) < 4.78 is 34.7. The Morgan fingerprint density at radius 2 is 1.61 bits per heavy atom. The zero-order valence-electron chi connectivity index (χ0n) is 19.8. The number of rotatable bonds is 6. The Labute approximate surface area is 197 Å². The molecule has 6 nitrogen and oxygen atoms in total. The van der Waals surface area contributed by atoms with Gasteiger partial charge >= 0.3 is 0 Å². The number of benzene rings is 2. The predicted molar refractivity (Wildman–Crippen MR) is 128 cm³/mol. The van der Waals surface area contributed by atoms with Crippen molar-refractivity contribution in [1.29, 1.82) is 0 Å². The number of aryl methyl sites for hydroxylation is 3. The van der Waals surface area contributed by atoms with E-state index < -0.39 is 16.1 Å². The first-order valence-corrected chi connectivity index (χ1v) is 13.3. The van der Waals surface area contributed by atoms with Crippen LogP contribution in [0.25, 0.3) is 0 Å². The normalized spacial score (nSPS) is 20.3. The molecular weight excluding hydrogens is 436 g/mol. The molecule has 1 unspecified atom stereocenters. The highest BCUT2D eigenvalue weighted by Gasteiger charge is 2.42. The molecule has 33 heavy (non-hydrogen) atoms. The minimum absolute atomic E-state index is 0.0694. The molecule has 7 heteroatoms. The van der Waals surface area contributed by atoms with Crippen molar-refractivity contribution in [3.8, 4) is 0 Å². The Kier molecular flexibility index (Phi) is 7.22. The van der Waals surface area contributed by atoms with Crippen LogP contribution in [-0.4, -0.2) is 55.3 Å². The first kappa shape index (κ1) is 23.9. The van der Waals surface area contributed by atoms with Crippen molar-refractivity contribution in [2.75, 3.05) is 19.6 Å². The van der Waals surface area contributed by atoms with Crippen LogP contribution >= 0.6 is 0 Å². The summed E-state index contributed by atoms with van der Waals surface area (Å²) in [4.78, 5) is 15.6. The van der Waals surface area contributed by atoms with Crippen molar-refractivity contribution in [3.05, 3.63) is 64.7 Å². The molecule has 178 valence electrons. The highest BCUT2D eigenvalue weighted by molar-refractivity contribution is 7.89. The number of hydrogen-bond acceptors (Lipinski definition) is 4. The van der Waals surface area contributed by atoms with Crippen molar-refractivity contribution >= 4 is 15.9 Å².